The molecule has 2 heterocycles. The third kappa shape index (κ3) is 3.85. The van der Waals surface area contributed by atoms with Gasteiger partial charge in [-0.25, -0.2) is 4.68 Å². The minimum atomic E-state index is -0.00644. The number of hydrogen-bond donors (Lipinski definition) is 0. The number of carbonyl (C=O) groups is 1. The minimum absolute atomic E-state index is 0.00644. The largest absolute Gasteiger partial charge is 0.470 e. The first kappa shape index (κ1) is 15.9. The summed E-state index contributed by atoms with van der Waals surface area (Å²) in [6.45, 7) is 4.01. The molecule has 0 radical (unpaired) electrons. The molecule has 1 atom stereocenters. The van der Waals surface area contributed by atoms with E-state index in [9.17, 15) is 4.79 Å². The van der Waals surface area contributed by atoms with Crippen LogP contribution in [0, 0.1) is 5.92 Å². The summed E-state index contributed by atoms with van der Waals surface area (Å²) in [6.07, 6.45) is 3.99. The molecule has 5 nitrogen and oxygen atoms in total. The van der Waals surface area contributed by atoms with Gasteiger partial charge in [-0.15, -0.1) is 0 Å². The lowest BCUT2D eigenvalue weighted by molar-refractivity contribution is 0.0675. The van der Waals surface area contributed by atoms with E-state index < -0.39 is 0 Å². The van der Waals surface area contributed by atoms with Gasteiger partial charge < -0.3 is 9.64 Å². The summed E-state index contributed by atoms with van der Waals surface area (Å²) in [5.74, 6) is 1.15. The molecule has 1 aliphatic rings. The average Bonchev–Trinajstić information content (AvgIpc) is 3.02. The highest BCUT2D eigenvalue weighted by atomic mass is 35.5. The summed E-state index contributed by atoms with van der Waals surface area (Å²) in [6, 6.07) is 9.01. The first-order chi connectivity index (χ1) is 11.1. The van der Waals surface area contributed by atoms with E-state index in [2.05, 4.69) is 12.0 Å². The van der Waals surface area contributed by atoms with Crippen molar-refractivity contribution in [2.45, 2.75) is 26.5 Å². The number of rotatable bonds is 4. The van der Waals surface area contributed by atoms with Crippen LogP contribution in [-0.4, -0.2) is 33.7 Å². The van der Waals surface area contributed by atoms with E-state index in [4.69, 9.17) is 16.3 Å². The van der Waals surface area contributed by atoms with Crippen LogP contribution >= 0.6 is 11.6 Å². The molecule has 0 spiro atoms. The number of benzene rings is 1. The second-order valence-corrected chi connectivity index (χ2v) is 6.35. The third-order valence-electron chi connectivity index (χ3n) is 3.99. The second-order valence-electron chi connectivity index (χ2n) is 5.94. The number of carbonyl (C=O) groups excluding carboxylic acids is 1. The lowest BCUT2D eigenvalue weighted by atomic mass is 10.0. The maximum Gasteiger partial charge on any atom is 0.274 e. The fourth-order valence-electron chi connectivity index (χ4n) is 2.78. The Kier molecular flexibility index (Phi) is 4.86. The van der Waals surface area contributed by atoms with Crippen LogP contribution in [0.4, 0.5) is 0 Å². The van der Waals surface area contributed by atoms with Gasteiger partial charge in [-0.2, -0.15) is 5.10 Å². The highest BCUT2D eigenvalue weighted by Gasteiger charge is 2.23. The number of ether oxygens (including phenoxy) is 1. The molecule has 0 saturated carbocycles. The van der Waals surface area contributed by atoms with Gasteiger partial charge in [0, 0.05) is 19.3 Å². The number of para-hydroxylation sites is 1. The third-order valence-corrected chi connectivity index (χ3v) is 4.31. The van der Waals surface area contributed by atoms with Crippen molar-refractivity contribution in [3.8, 4) is 5.75 Å². The van der Waals surface area contributed by atoms with Crippen molar-refractivity contribution in [2.75, 3.05) is 13.1 Å². The van der Waals surface area contributed by atoms with Crippen LogP contribution in [0.2, 0.25) is 5.02 Å². The summed E-state index contributed by atoms with van der Waals surface area (Å²) >= 11 is 6.05. The molecule has 1 fully saturated rings. The molecular weight excluding hydrogens is 314 g/mol. The van der Waals surface area contributed by atoms with Crippen LogP contribution in [0.3, 0.4) is 0 Å². The molecule has 0 aliphatic carbocycles. The van der Waals surface area contributed by atoms with Crippen LogP contribution in [0.5, 0.6) is 5.75 Å². The van der Waals surface area contributed by atoms with Gasteiger partial charge in [0.1, 0.15) is 5.75 Å². The van der Waals surface area contributed by atoms with E-state index >= 15 is 0 Å². The van der Waals surface area contributed by atoms with Gasteiger partial charge in [-0.1, -0.05) is 30.7 Å². The zero-order valence-electron chi connectivity index (χ0n) is 13.1. The first-order valence-corrected chi connectivity index (χ1v) is 8.21. The minimum Gasteiger partial charge on any atom is -0.470 e. The van der Waals surface area contributed by atoms with E-state index in [0.717, 1.165) is 19.5 Å². The average molecular weight is 334 g/mol. The molecule has 23 heavy (non-hydrogen) atoms. The normalized spacial score (nSPS) is 18.0. The Labute approximate surface area is 140 Å². The molecule has 0 N–H and O–H groups in total. The standard InChI is InChI=1S/C17H20ClN3O2/c1-13-5-4-9-20(11-13)17(22)15-8-10-21(19-15)12-23-16-7-3-2-6-14(16)18/h2-3,6-8,10,13H,4-5,9,11-12H2,1H3/t13-/m0/s1. The topological polar surface area (TPSA) is 47.4 Å². The number of halogens is 1. The van der Waals surface area contributed by atoms with Gasteiger partial charge in [0.25, 0.3) is 5.91 Å². The smallest absolute Gasteiger partial charge is 0.274 e. The Morgan fingerprint density at radius 3 is 3.00 bits per heavy atom. The molecule has 2 aromatic rings. The van der Waals surface area contributed by atoms with Crippen LogP contribution < -0.4 is 4.74 Å². The van der Waals surface area contributed by atoms with Crippen molar-refractivity contribution in [2.24, 2.45) is 5.92 Å². The highest BCUT2D eigenvalue weighted by Crippen LogP contribution is 2.23. The first-order valence-electron chi connectivity index (χ1n) is 7.83. The lowest BCUT2D eigenvalue weighted by Crippen LogP contribution is -2.39. The van der Waals surface area contributed by atoms with E-state index in [1.165, 1.54) is 6.42 Å². The predicted molar refractivity (Wildman–Crippen MR) is 88.6 cm³/mol. The zero-order valence-corrected chi connectivity index (χ0v) is 13.9. The summed E-state index contributed by atoms with van der Waals surface area (Å²) < 4.78 is 7.22. The molecular formula is C17H20ClN3O2. The quantitative estimate of drug-likeness (QED) is 0.861. The summed E-state index contributed by atoms with van der Waals surface area (Å²) in [5.41, 5.74) is 0.460. The summed E-state index contributed by atoms with van der Waals surface area (Å²) in [4.78, 5) is 14.4. The van der Waals surface area contributed by atoms with Crippen LogP contribution in [-0.2, 0) is 6.73 Å². The van der Waals surface area contributed by atoms with Crippen LogP contribution in [0.15, 0.2) is 36.5 Å². The number of nitrogens with zero attached hydrogens (tertiary/aromatic N) is 3. The van der Waals surface area contributed by atoms with Crippen molar-refractivity contribution >= 4 is 17.5 Å². The second kappa shape index (κ2) is 7.04. The van der Waals surface area contributed by atoms with Gasteiger partial charge in [0.05, 0.1) is 5.02 Å². The highest BCUT2D eigenvalue weighted by molar-refractivity contribution is 6.32. The Morgan fingerprint density at radius 1 is 1.39 bits per heavy atom. The Bertz CT molecular complexity index is 686. The SMILES string of the molecule is C[C@H]1CCCN(C(=O)c2ccn(COc3ccccc3Cl)n2)C1. The lowest BCUT2D eigenvalue weighted by Gasteiger charge is -2.30. The van der Waals surface area contributed by atoms with E-state index in [0.29, 0.717) is 22.4 Å². The maximum atomic E-state index is 12.5. The summed E-state index contributed by atoms with van der Waals surface area (Å²) in [5, 5.41) is 4.87. The fourth-order valence-corrected chi connectivity index (χ4v) is 2.97. The molecule has 122 valence electrons. The monoisotopic (exact) mass is 333 g/mol. The molecule has 1 aromatic carbocycles. The molecule has 0 bridgehead atoms. The van der Waals surface area contributed by atoms with Gasteiger partial charge in [0.15, 0.2) is 12.4 Å². The van der Waals surface area contributed by atoms with E-state index in [-0.39, 0.29) is 12.6 Å². The number of hydrogen-bond acceptors (Lipinski definition) is 3. The van der Waals surface area contributed by atoms with E-state index in [1.54, 1.807) is 29.1 Å². The van der Waals surface area contributed by atoms with Crippen LogP contribution in [0.25, 0.3) is 0 Å². The Morgan fingerprint density at radius 2 is 2.22 bits per heavy atom. The van der Waals surface area contributed by atoms with Crippen molar-refractivity contribution in [1.29, 1.82) is 0 Å². The molecule has 0 unspecified atom stereocenters. The number of piperidine rings is 1. The number of aromatic nitrogens is 2. The van der Waals surface area contributed by atoms with Gasteiger partial charge in [-0.3, -0.25) is 4.79 Å². The molecule has 3 rings (SSSR count). The van der Waals surface area contributed by atoms with Gasteiger partial charge in [-0.05, 0) is 37.0 Å². The van der Waals surface area contributed by atoms with Gasteiger partial charge >= 0.3 is 0 Å². The zero-order chi connectivity index (χ0) is 16.2. The Hall–Kier alpha value is -2.01. The van der Waals surface area contributed by atoms with Crippen molar-refractivity contribution < 1.29 is 9.53 Å². The maximum absolute atomic E-state index is 12.5. The van der Waals surface area contributed by atoms with Crippen molar-refractivity contribution in [3.63, 3.8) is 0 Å². The molecule has 1 saturated heterocycles. The molecule has 1 aromatic heterocycles. The molecule has 6 heteroatoms. The Balaban J connectivity index is 1.61. The van der Waals surface area contributed by atoms with E-state index in [1.807, 2.05) is 17.0 Å². The number of amides is 1. The molecule has 1 amide bonds. The van der Waals surface area contributed by atoms with Gasteiger partial charge in [0.2, 0.25) is 0 Å². The summed E-state index contributed by atoms with van der Waals surface area (Å²) in [7, 11) is 0. The predicted octanol–water partition coefficient (Wildman–Crippen LogP) is 3.45. The van der Waals surface area contributed by atoms with Crippen LogP contribution in [0.1, 0.15) is 30.3 Å². The molecule has 1 aliphatic heterocycles. The van der Waals surface area contributed by atoms with Crippen molar-refractivity contribution in [3.05, 3.63) is 47.2 Å². The fraction of sp³-hybridized carbons (Fsp3) is 0.412. The van der Waals surface area contributed by atoms with Crippen molar-refractivity contribution in [1.82, 2.24) is 14.7 Å². The number of likely N-dealkylation sites (tertiary alicyclic amines) is 1.